The Balaban J connectivity index is 1.93. The first-order chi connectivity index (χ1) is 8.84. The van der Waals surface area contributed by atoms with Crippen molar-refractivity contribution in [1.82, 2.24) is 4.90 Å². The van der Waals surface area contributed by atoms with Gasteiger partial charge in [0.2, 0.25) is 0 Å². The lowest BCUT2D eigenvalue weighted by molar-refractivity contribution is -0.110. The summed E-state index contributed by atoms with van der Waals surface area (Å²) in [5.41, 5.74) is -0.532. The van der Waals surface area contributed by atoms with Crippen molar-refractivity contribution in [2.75, 3.05) is 17.5 Å². The van der Waals surface area contributed by atoms with Gasteiger partial charge in [0.15, 0.2) is 0 Å². The fourth-order valence-electron chi connectivity index (χ4n) is 2.86. The van der Waals surface area contributed by atoms with Crippen LogP contribution in [0.3, 0.4) is 0 Å². The summed E-state index contributed by atoms with van der Waals surface area (Å²) >= 11 is 2.38. The van der Waals surface area contributed by atoms with Crippen LogP contribution in [0, 0.1) is 0 Å². The van der Waals surface area contributed by atoms with E-state index in [1.165, 1.54) is 6.42 Å². The van der Waals surface area contributed by atoms with Crippen molar-refractivity contribution in [1.29, 1.82) is 0 Å². The summed E-state index contributed by atoms with van der Waals surface area (Å²) in [5, 5.41) is 0. The van der Waals surface area contributed by atoms with E-state index in [4.69, 9.17) is 9.47 Å². The number of halogens is 1. The quantitative estimate of drug-likeness (QED) is 0.517. The molecule has 1 spiro atoms. The molecule has 2 aliphatic heterocycles. The Bertz CT molecular complexity index is 342. The number of carbonyl (C=O) groups excluding carboxylic acids is 1. The first kappa shape index (κ1) is 15.4. The zero-order valence-corrected chi connectivity index (χ0v) is 14.2. The monoisotopic (exact) mass is 381 g/mol. The van der Waals surface area contributed by atoms with Gasteiger partial charge >= 0.3 is 6.09 Å². The molecule has 0 N–H and O–H groups in total. The van der Waals surface area contributed by atoms with Gasteiger partial charge in [-0.15, -0.1) is 0 Å². The summed E-state index contributed by atoms with van der Waals surface area (Å²) in [6.07, 6.45) is 4.52. The summed E-state index contributed by atoms with van der Waals surface area (Å²) in [7, 11) is 0. The maximum Gasteiger partial charge on any atom is 0.410 e. The third-order valence-electron chi connectivity index (χ3n) is 3.72. The van der Waals surface area contributed by atoms with Gasteiger partial charge < -0.3 is 14.4 Å². The van der Waals surface area contributed by atoms with Crippen LogP contribution in [-0.4, -0.2) is 45.8 Å². The van der Waals surface area contributed by atoms with Gasteiger partial charge in [-0.1, -0.05) is 22.6 Å². The molecular formula is C14H24INO3. The molecule has 19 heavy (non-hydrogen) atoms. The van der Waals surface area contributed by atoms with E-state index in [-0.39, 0.29) is 11.7 Å². The molecular weight excluding hydrogens is 357 g/mol. The lowest BCUT2D eigenvalue weighted by atomic mass is 9.91. The van der Waals surface area contributed by atoms with Crippen molar-refractivity contribution in [2.24, 2.45) is 0 Å². The van der Waals surface area contributed by atoms with Gasteiger partial charge in [-0.2, -0.15) is 0 Å². The molecule has 0 bridgehead atoms. The van der Waals surface area contributed by atoms with E-state index in [0.29, 0.717) is 12.6 Å². The third-order valence-corrected chi connectivity index (χ3v) is 4.70. The minimum atomic E-state index is -0.426. The number of ether oxygens (including phenoxy) is 2. The molecule has 2 heterocycles. The highest BCUT2D eigenvalue weighted by atomic mass is 127. The highest BCUT2D eigenvalue weighted by Crippen LogP contribution is 2.37. The molecule has 4 nitrogen and oxygen atoms in total. The van der Waals surface area contributed by atoms with E-state index in [9.17, 15) is 4.79 Å². The van der Waals surface area contributed by atoms with Crippen molar-refractivity contribution in [2.45, 2.75) is 63.8 Å². The molecule has 0 aromatic heterocycles. The van der Waals surface area contributed by atoms with E-state index >= 15 is 0 Å². The summed E-state index contributed by atoms with van der Waals surface area (Å²) in [4.78, 5) is 13.9. The van der Waals surface area contributed by atoms with Crippen LogP contribution in [0.15, 0.2) is 0 Å². The molecule has 0 aromatic rings. The summed E-state index contributed by atoms with van der Waals surface area (Å²) < 4.78 is 12.7. The summed E-state index contributed by atoms with van der Waals surface area (Å²) in [6.45, 7) is 7.15. The van der Waals surface area contributed by atoms with Gasteiger partial charge in [-0.05, 0) is 46.5 Å². The van der Waals surface area contributed by atoms with Gasteiger partial charge in [0.25, 0.3) is 0 Å². The molecule has 0 radical (unpaired) electrons. The number of alkyl halides is 1. The Hall–Kier alpha value is -0.0400. The molecule has 1 amide bonds. The standard InChI is InChI=1S/C14H24INO3/c1-13(2,3)19-12(17)16-8-7-14(10-16)6-4-5-11(9-15)18-14/h11H,4-10H2,1-3H3. The smallest absolute Gasteiger partial charge is 0.410 e. The van der Waals surface area contributed by atoms with E-state index in [1.54, 1.807) is 4.90 Å². The summed E-state index contributed by atoms with van der Waals surface area (Å²) in [5.74, 6) is 0. The van der Waals surface area contributed by atoms with Gasteiger partial charge in [0.1, 0.15) is 5.60 Å². The Morgan fingerprint density at radius 3 is 2.84 bits per heavy atom. The zero-order valence-electron chi connectivity index (χ0n) is 12.1. The number of likely N-dealkylation sites (tertiary alicyclic amines) is 1. The second-order valence-electron chi connectivity index (χ2n) is 6.62. The van der Waals surface area contributed by atoms with Crippen molar-refractivity contribution in [3.8, 4) is 0 Å². The number of nitrogens with zero attached hydrogens (tertiary/aromatic N) is 1. The van der Waals surface area contributed by atoms with Crippen LogP contribution in [0.1, 0.15) is 46.5 Å². The first-order valence-corrected chi connectivity index (χ1v) is 8.58. The molecule has 2 rings (SSSR count). The normalized spacial score (nSPS) is 31.8. The van der Waals surface area contributed by atoms with Crippen LogP contribution in [0.4, 0.5) is 4.79 Å². The molecule has 2 aliphatic rings. The average Bonchev–Trinajstić information content (AvgIpc) is 2.71. The Kier molecular flexibility index (Phi) is 4.65. The molecule has 0 saturated carbocycles. The van der Waals surface area contributed by atoms with Crippen LogP contribution >= 0.6 is 22.6 Å². The largest absolute Gasteiger partial charge is 0.444 e. The van der Waals surface area contributed by atoms with Crippen molar-refractivity contribution >= 4 is 28.7 Å². The fourth-order valence-corrected chi connectivity index (χ4v) is 3.48. The maximum absolute atomic E-state index is 12.1. The average molecular weight is 381 g/mol. The fraction of sp³-hybridized carbons (Fsp3) is 0.929. The maximum atomic E-state index is 12.1. The summed E-state index contributed by atoms with van der Waals surface area (Å²) in [6, 6.07) is 0. The first-order valence-electron chi connectivity index (χ1n) is 7.05. The number of amides is 1. The van der Waals surface area contributed by atoms with Crippen molar-refractivity contribution in [3.05, 3.63) is 0 Å². The van der Waals surface area contributed by atoms with Crippen molar-refractivity contribution in [3.63, 3.8) is 0 Å². The molecule has 2 atom stereocenters. The molecule has 110 valence electrons. The molecule has 2 saturated heterocycles. The lowest BCUT2D eigenvalue weighted by Gasteiger charge is -2.38. The molecule has 0 aliphatic carbocycles. The minimum absolute atomic E-state index is 0.106. The van der Waals surface area contributed by atoms with Gasteiger partial charge in [-0.25, -0.2) is 4.79 Å². The Morgan fingerprint density at radius 1 is 1.47 bits per heavy atom. The molecule has 2 unspecified atom stereocenters. The SMILES string of the molecule is CC(C)(C)OC(=O)N1CCC2(CCCC(CI)O2)C1. The number of hydrogen-bond acceptors (Lipinski definition) is 3. The highest BCUT2D eigenvalue weighted by Gasteiger charge is 2.45. The van der Waals surface area contributed by atoms with Crippen LogP contribution in [0.5, 0.6) is 0 Å². The van der Waals surface area contributed by atoms with E-state index < -0.39 is 5.60 Å². The van der Waals surface area contributed by atoms with Crippen molar-refractivity contribution < 1.29 is 14.3 Å². The minimum Gasteiger partial charge on any atom is -0.444 e. The van der Waals surface area contributed by atoms with Gasteiger partial charge in [0.05, 0.1) is 18.2 Å². The topological polar surface area (TPSA) is 38.8 Å². The Labute approximate surface area is 129 Å². The van der Waals surface area contributed by atoms with Gasteiger partial charge in [-0.3, -0.25) is 0 Å². The lowest BCUT2D eigenvalue weighted by Crippen LogP contribution is -2.45. The zero-order chi connectivity index (χ0) is 14.1. The van der Waals surface area contributed by atoms with Crippen LogP contribution < -0.4 is 0 Å². The van der Waals surface area contributed by atoms with E-state index in [1.807, 2.05) is 20.8 Å². The number of hydrogen-bond donors (Lipinski definition) is 0. The molecule has 0 aromatic carbocycles. The van der Waals surface area contributed by atoms with Crippen LogP contribution in [-0.2, 0) is 9.47 Å². The Morgan fingerprint density at radius 2 is 2.21 bits per heavy atom. The molecule has 5 heteroatoms. The van der Waals surface area contributed by atoms with E-state index in [0.717, 1.165) is 30.2 Å². The molecule has 2 fully saturated rings. The highest BCUT2D eigenvalue weighted by molar-refractivity contribution is 14.1. The second-order valence-corrected chi connectivity index (χ2v) is 7.50. The second kappa shape index (κ2) is 5.76. The van der Waals surface area contributed by atoms with Crippen LogP contribution in [0.25, 0.3) is 0 Å². The van der Waals surface area contributed by atoms with Gasteiger partial charge in [0, 0.05) is 11.0 Å². The predicted octanol–water partition coefficient (Wildman–Crippen LogP) is 3.37. The van der Waals surface area contributed by atoms with E-state index in [2.05, 4.69) is 22.6 Å². The number of rotatable bonds is 1. The predicted molar refractivity (Wildman–Crippen MR) is 82.8 cm³/mol. The number of carbonyl (C=O) groups is 1. The third kappa shape index (κ3) is 3.97. The van der Waals surface area contributed by atoms with Crippen LogP contribution in [0.2, 0.25) is 0 Å².